The minimum Gasteiger partial charge on any atom is -0.508 e. The number of amidine groups is 1. The van der Waals surface area contributed by atoms with E-state index in [9.17, 15) is 10.3 Å². The molecule has 0 fully saturated rings. The topological polar surface area (TPSA) is 110 Å². The van der Waals surface area contributed by atoms with E-state index in [1.165, 1.54) is 5.56 Å². The molecule has 134 valence electrons. The first kappa shape index (κ1) is 16.3. The molecule has 0 amide bonds. The summed E-state index contributed by atoms with van der Waals surface area (Å²) in [5.74, 6) is 0.925. The quantitative estimate of drug-likeness (QED) is 0.290. The van der Waals surface area contributed by atoms with Crippen LogP contribution in [0.3, 0.4) is 0 Å². The largest absolute Gasteiger partial charge is 0.508 e. The van der Waals surface area contributed by atoms with Crippen molar-refractivity contribution in [2.45, 2.75) is 33.1 Å². The number of nitrogens with two attached hydrogens (primary N) is 1. The summed E-state index contributed by atoms with van der Waals surface area (Å²) in [6.45, 7) is 3.71. The summed E-state index contributed by atoms with van der Waals surface area (Å²) in [7, 11) is 0. The van der Waals surface area contributed by atoms with Gasteiger partial charge in [-0.15, -0.1) is 0 Å². The smallest absolute Gasteiger partial charge is 0.187 e. The summed E-state index contributed by atoms with van der Waals surface area (Å²) in [6.07, 6.45) is 2.79. The fraction of sp³-hybridized carbons (Fsp3) is 0.263. The zero-order chi connectivity index (χ0) is 18.4. The van der Waals surface area contributed by atoms with E-state index < -0.39 is 0 Å². The SMILES string of the molecule is Cc1noc(C)c1-n1c(C(N)=NO)c2c(c1-c1ccc(O)cc1)CCC2. The standard InChI is InChI=1S/C19H20N4O3/c1-10-16(11(2)26-22-10)23-17(12-6-8-13(24)9-7-12)14-4-3-5-15(14)18(23)19(20)21-25/h6-9,24-25H,3-5H2,1-2H3,(H2,20,21). The molecule has 0 unspecified atom stereocenters. The van der Waals surface area contributed by atoms with Gasteiger partial charge in [0, 0.05) is 0 Å². The molecule has 0 aliphatic heterocycles. The van der Waals surface area contributed by atoms with E-state index in [0.29, 0.717) is 11.5 Å². The van der Waals surface area contributed by atoms with Crippen molar-refractivity contribution in [3.63, 3.8) is 0 Å². The first-order valence-electron chi connectivity index (χ1n) is 8.50. The van der Waals surface area contributed by atoms with Gasteiger partial charge in [-0.2, -0.15) is 0 Å². The molecule has 0 radical (unpaired) electrons. The average molecular weight is 352 g/mol. The average Bonchev–Trinajstić information content (AvgIpc) is 3.29. The third-order valence-electron chi connectivity index (χ3n) is 4.95. The van der Waals surface area contributed by atoms with E-state index in [-0.39, 0.29) is 11.6 Å². The highest BCUT2D eigenvalue weighted by Crippen LogP contribution is 2.41. The Hall–Kier alpha value is -3.22. The number of nitrogens with zero attached hydrogens (tertiary/aromatic N) is 3. The zero-order valence-corrected chi connectivity index (χ0v) is 14.7. The van der Waals surface area contributed by atoms with Crippen molar-refractivity contribution in [1.29, 1.82) is 0 Å². The van der Waals surface area contributed by atoms with Crippen LogP contribution in [0.25, 0.3) is 16.9 Å². The van der Waals surface area contributed by atoms with E-state index in [2.05, 4.69) is 10.3 Å². The molecule has 1 aliphatic carbocycles. The van der Waals surface area contributed by atoms with E-state index >= 15 is 0 Å². The van der Waals surface area contributed by atoms with E-state index in [0.717, 1.165) is 47.5 Å². The van der Waals surface area contributed by atoms with Gasteiger partial charge in [-0.3, -0.25) is 0 Å². The summed E-state index contributed by atoms with van der Waals surface area (Å²) in [4.78, 5) is 0. The molecule has 0 bridgehead atoms. The maximum atomic E-state index is 9.67. The lowest BCUT2D eigenvalue weighted by atomic mass is 10.1. The Morgan fingerprint density at radius 1 is 1.19 bits per heavy atom. The van der Waals surface area contributed by atoms with Gasteiger partial charge in [-0.05, 0) is 74.1 Å². The second kappa shape index (κ2) is 5.94. The van der Waals surface area contributed by atoms with Crippen molar-refractivity contribution in [3.8, 4) is 22.7 Å². The molecule has 0 spiro atoms. The molecule has 3 aromatic rings. The number of aromatic nitrogens is 2. The Bertz CT molecular complexity index is 993. The van der Waals surface area contributed by atoms with E-state index in [1.54, 1.807) is 12.1 Å². The molecule has 4 rings (SSSR count). The summed E-state index contributed by atoms with van der Waals surface area (Å²) < 4.78 is 7.35. The van der Waals surface area contributed by atoms with E-state index in [4.69, 9.17) is 10.3 Å². The summed E-state index contributed by atoms with van der Waals surface area (Å²) in [5, 5.41) is 26.4. The Morgan fingerprint density at radius 3 is 2.50 bits per heavy atom. The van der Waals surface area contributed by atoms with Gasteiger partial charge in [0.15, 0.2) is 11.6 Å². The van der Waals surface area contributed by atoms with Crippen molar-refractivity contribution in [3.05, 3.63) is 52.5 Å². The van der Waals surface area contributed by atoms with Gasteiger partial charge in [0.25, 0.3) is 0 Å². The van der Waals surface area contributed by atoms with Gasteiger partial charge in [-0.25, -0.2) is 0 Å². The van der Waals surface area contributed by atoms with Gasteiger partial charge < -0.3 is 25.1 Å². The van der Waals surface area contributed by atoms with Crippen LogP contribution in [0, 0.1) is 13.8 Å². The molecule has 2 aromatic heterocycles. The minimum absolute atomic E-state index is 0.0631. The van der Waals surface area contributed by atoms with Crippen LogP contribution < -0.4 is 5.73 Å². The number of hydrogen-bond donors (Lipinski definition) is 3. The Balaban J connectivity index is 2.12. The minimum atomic E-state index is 0.0631. The van der Waals surface area contributed by atoms with E-state index in [1.807, 2.05) is 30.5 Å². The van der Waals surface area contributed by atoms with Crippen LogP contribution in [0.15, 0.2) is 33.9 Å². The first-order chi connectivity index (χ1) is 12.5. The fourth-order valence-corrected chi connectivity index (χ4v) is 3.91. The Kier molecular flexibility index (Phi) is 3.72. The van der Waals surface area contributed by atoms with Gasteiger partial charge in [0.05, 0.1) is 11.4 Å². The number of phenolic OH excluding ortho intramolecular Hbond substituents is 1. The van der Waals surface area contributed by atoms with Crippen molar-refractivity contribution in [2.24, 2.45) is 10.9 Å². The lowest BCUT2D eigenvalue weighted by Gasteiger charge is -2.15. The third-order valence-corrected chi connectivity index (χ3v) is 4.95. The monoisotopic (exact) mass is 352 g/mol. The van der Waals surface area contributed by atoms with Crippen molar-refractivity contribution >= 4 is 5.84 Å². The Labute approximate surface area is 150 Å². The van der Waals surface area contributed by atoms with Crippen molar-refractivity contribution in [1.82, 2.24) is 9.72 Å². The number of aromatic hydroxyl groups is 1. The zero-order valence-electron chi connectivity index (χ0n) is 14.7. The van der Waals surface area contributed by atoms with Crippen LogP contribution >= 0.6 is 0 Å². The summed E-state index contributed by atoms with van der Waals surface area (Å²) in [5.41, 5.74) is 12.5. The molecule has 1 aliphatic rings. The van der Waals surface area contributed by atoms with Crippen LogP contribution in [0.2, 0.25) is 0 Å². The molecule has 7 nitrogen and oxygen atoms in total. The highest BCUT2D eigenvalue weighted by atomic mass is 16.5. The molecule has 7 heteroatoms. The number of benzene rings is 1. The maximum absolute atomic E-state index is 9.67. The third kappa shape index (κ3) is 2.28. The van der Waals surface area contributed by atoms with Crippen LogP contribution in [0.4, 0.5) is 0 Å². The lowest BCUT2D eigenvalue weighted by molar-refractivity contribution is 0.318. The molecule has 4 N–H and O–H groups in total. The van der Waals surface area contributed by atoms with Crippen molar-refractivity contribution in [2.75, 3.05) is 0 Å². The van der Waals surface area contributed by atoms with Crippen LogP contribution in [0.1, 0.15) is 34.7 Å². The molecule has 0 saturated carbocycles. The molecular formula is C19H20N4O3. The molecule has 2 heterocycles. The van der Waals surface area contributed by atoms with Gasteiger partial charge in [0.1, 0.15) is 17.1 Å². The maximum Gasteiger partial charge on any atom is 0.187 e. The van der Waals surface area contributed by atoms with Crippen LogP contribution in [0.5, 0.6) is 5.75 Å². The molecule has 26 heavy (non-hydrogen) atoms. The highest BCUT2D eigenvalue weighted by molar-refractivity contribution is 6.00. The second-order valence-corrected chi connectivity index (χ2v) is 6.55. The number of hydrogen-bond acceptors (Lipinski definition) is 5. The van der Waals surface area contributed by atoms with Gasteiger partial charge in [-0.1, -0.05) is 10.3 Å². The lowest BCUT2D eigenvalue weighted by Crippen LogP contribution is -2.20. The van der Waals surface area contributed by atoms with Crippen molar-refractivity contribution < 1.29 is 14.8 Å². The van der Waals surface area contributed by atoms with Gasteiger partial charge >= 0.3 is 0 Å². The fourth-order valence-electron chi connectivity index (χ4n) is 3.91. The summed E-state index contributed by atoms with van der Waals surface area (Å²) in [6, 6.07) is 7.05. The van der Waals surface area contributed by atoms with Gasteiger partial charge in [0.2, 0.25) is 0 Å². The summed E-state index contributed by atoms with van der Waals surface area (Å²) >= 11 is 0. The predicted molar refractivity (Wildman–Crippen MR) is 96.9 cm³/mol. The molecule has 1 aromatic carbocycles. The first-order valence-corrected chi connectivity index (χ1v) is 8.50. The van der Waals surface area contributed by atoms with Crippen LogP contribution in [-0.4, -0.2) is 25.9 Å². The molecular weight excluding hydrogens is 332 g/mol. The second-order valence-electron chi connectivity index (χ2n) is 6.55. The number of rotatable bonds is 3. The molecule has 0 saturated heterocycles. The molecule has 0 atom stereocenters. The number of oxime groups is 1. The van der Waals surface area contributed by atoms with Crippen LogP contribution in [-0.2, 0) is 12.8 Å². The predicted octanol–water partition coefficient (Wildman–Crippen LogP) is 3.04. The highest BCUT2D eigenvalue weighted by Gasteiger charge is 2.31. The Morgan fingerprint density at radius 2 is 1.88 bits per heavy atom. The number of aryl methyl sites for hydroxylation is 2. The normalized spacial score (nSPS) is 14.0. The number of phenols is 1. The number of fused-ring (bicyclic) bond motifs is 1.